The summed E-state index contributed by atoms with van der Waals surface area (Å²) in [5.74, 6) is -0.266. The first-order valence-electron chi connectivity index (χ1n) is 12.8. The Kier molecular flexibility index (Phi) is 8.33. The van der Waals surface area contributed by atoms with E-state index in [2.05, 4.69) is 37.3 Å². The molecule has 0 radical (unpaired) electrons. The Morgan fingerprint density at radius 3 is 2.17 bits per heavy atom. The second kappa shape index (κ2) is 11.6. The van der Waals surface area contributed by atoms with Crippen LogP contribution in [0.5, 0.6) is 5.75 Å². The van der Waals surface area contributed by atoms with E-state index in [0.717, 1.165) is 30.9 Å². The maximum absolute atomic E-state index is 14.2. The summed E-state index contributed by atoms with van der Waals surface area (Å²) in [4.78, 5) is 12.5. The predicted molar refractivity (Wildman–Crippen MR) is 136 cm³/mol. The van der Waals surface area contributed by atoms with Crippen LogP contribution in [-0.2, 0) is 6.42 Å². The first-order valence-corrected chi connectivity index (χ1v) is 12.8. The molecule has 0 heterocycles. The van der Waals surface area contributed by atoms with Crippen molar-refractivity contribution in [2.75, 3.05) is 0 Å². The van der Waals surface area contributed by atoms with Gasteiger partial charge in [-0.1, -0.05) is 62.7 Å². The van der Waals surface area contributed by atoms with Gasteiger partial charge in [0.25, 0.3) is 0 Å². The Hall–Kier alpha value is -3.01. The van der Waals surface area contributed by atoms with Gasteiger partial charge in [-0.2, -0.15) is 0 Å². The van der Waals surface area contributed by atoms with Crippen LogP contribution in [0, 0.1) is 17.6 Å². The SMILES string of the molecule is CCCc1c(F)cc(OC(=O)c2ccc(C3CCC(CC(C)c4ccccc4)CC3)cc2)cc1F. The third kappa shape index (κ3) is 6.36. The van der Waals surface area contributed by atoms with Crippen molar-refractivity contribution < 1.29 is 18.3 Å². The molecule has 0 aliphatic heterocycles. The molecule has 1 aliphatic rings. The lowest BCUT2D eigenvalue weighted by Crippen LogP contribution is -2.15. The Bertz CT molecular complexity index is 1090. The van der Waals surface area contributed by atoms with Crippen LogP contribution < -0.4 is 4.74 Å². The van der Waals surface area contributed by atoms with Crippen molar-refractivity contribution in [3.8, 4) is 5.75 Å². The number of carbonyl (C=O) groups is 1. The van der Waals surface area contributed by atoms with Gasteiger partial charge in [0.2, 0.25) is 0 Å². The molecule has 1 fully saturated rings. The lowest BCUT2D eigenvalue weighted by Gasteiger charge is -2.30. The molecule has 3 aromatic rings. The number of rotatable bonds is 8. The van der Waals surface area contributed by atoms with E-state index in [1.807, 2.05) is 19.1 Å². The number of carbonyl (C=O) groups excluding carboxylic acids is 1. The fraction of sp³-hybridized carbons (Fsp3) is 0.387. The highest BCUT2D eigenvalue weighted by Crippen LogP contribution is 2.39. The van der Waals surface area contributed by atoms with Gasteiger partial charge in [-0.25, -0.2) is 13.6 Å². The van der Waals surface area contributed by atoms with Gasteiger partial charge in [0.1, 0.15) is 17.4 Å². The fourth-order valence-electron chi connectivity index (χ4n) is 5.33. The molecule has 0 amide bonds. The molecule has 2 nitrogen and oxygen atoms in total. The van der Waals surface area contributed by atoms with Gasteiger partial charge in [0.15, 0.2) is 0 Å². The third-order valence-corrected chi connectivity index (χ3v) is 7.35. The van der Waals surface area contributed by atoms with Gasteiger partial charge in [0, 0.05) is 17.7 Å². The van der Waals surface area contributed by atoms with Crippen molar-refractivity contribution in [2.45, 2.75) is 70.6 Å². The first-order chi connectivity index (χ1) is 16.9. The molecule has 3 aromatic carbocycles. The molecule has 0 saturated heterocycles. The number of ether oxygens (including phenoxy) is 1. The molecular formula is C31H34F2O2. The molecule has 184 valence electrons. The normalized spacial score (nSPS) is 18.7. The summed E-state index contributed by atoms with van der Waals surface area (Å²) < 4.78 is 33.6. The van der Waals surface area contributed by atoms with Crippen molar-refractivity contribution >= 4 is 5.97 Å². The zero-order valence-electron chi connectivity index (χ0n) is 20.6. The maximum atomic E-state index is 14.2. The smallest absolute Gasteiger partial charge is 0.343 e. The summed E-state index contributed by atoms with van der Waals surface area (Å²) in [6.07, 6.45) is 6.90. The van der Waals surface area contributed by atoms with Gasteiger partial charge in [-0.05, 0) is 79.5 Å². The van der Waals surface area contributed by atoms with E-state index in [1.165, 1.54) is 30.4 Å². The van der Waals surface area contributed by atoms with Gasteiger partial charge >= 0.3 is 5.97 Å². The van der Waals surface area contributed by atoms with Crippen LogP contribution in [0.2, 0.25) is 0 Å². The van der Waals surface area contributed by atoms with Crippen molar-refractivity contribution in [3.05, 3.63) is 101 Å². The maximum Gasteiger partial charge on any atom is 0.343 e. The van der Waals surface area contributed by atoms with Crippen LogP contribution in [0.3, 0.4) is 0 Å². The van der Waals surface area contributed by atoms with E-state index in [-0.39, 0.29) is 11.3 Å². The molecule has 1 unspecified atom stereocenters. The predicted octanol–water partition coefficient (Wildman–Crippen LogP) is 8.60. The van der Waals surface area contributed by atoms with Crippen LogP contribution >= 0.6 is 0 Å². The van der Waals surface area contributed by atoms with E-state index in [0.29, 0.717) is 30.2 Å². The van der Waals surface area contributed by atoms with Gasteiger partial charge in [-0.15, -0.1) is 0 Å². The molecule has 4 heteroatoms. The van der Waals surface area contributed by atoms with Gasteiger partial charge < -0.3 is 4.74 Å². The second-order valence-electron chi connectivity index (χ2n) is 9.89. The zero-order chi connectivity index (χ0) is 24.8. The summed E-state index contributed by atoms with van der Waals surface area (Å²) in [6, 6.07) is 20.4. The lowest BCUT2D eigenvalue weighted by molar-refractivity contribution is 0.0734. The standard InChI is InChI=1S/C31H34F2O2/c1-3-7-28-29(32)19-27(20-30(28)33)35-31(34)26-16-14-25(15-17-26)24-12-10-22(11-13-24)18-21(2)23-8-5-4-6-9-23/h4-6,8-9,14-17,19-22,24H,3,7,10-13,18H2,1-2H3. The molecular weight excluding hydrogens is 442 g/mol. The van der Waals surface area contributed by atoms with Crippen molar-refractivity contribution in [1.29, 1.82) is 0 Å². The Morgan fingerprint density at radius 2 is 1.57 bits per heavy atom. The minimum absolute atomic E-state index is 0.0286. The summed E-state index contributed by atoms with van der Waals surface area (Å²) in [7, 11) is 0. The van der Waals surface area contributed by atoms with Crippen LogP contribution in [0.15, 0.2) is 66.7 Å². The zero-order valence-corrected chi connectivity index (χ0v) is 20.6. The summed E-state index contributed by atoms with van der Waals surface area (Å²) >= 11 is 0. The highest BCUT2D eigenvalue weighted by atomic mass is 19.1. The molecule has 0 N–H and O–H groups in total. The van der Waals surface area contributed by atoms with Crippen LogP contribution in [0.1, 0.15) is 91.3 Å². The molecule has 35 heavy (non-hydrogen) atoms. The van der Waals surface area contributed by atoms with Crippen molar-refractivity contribution in [2.24, 2.45) is 5.92 Å². The lowest BCUT2D eigenvalue weighted by atomic mass is 9.75. The van der Waals surface area contributed by atoms with E-state index in [4.69, 9.17) is 4.74 Å². The minimum Gasteiger partial charge on any atom is -0.423 e. The van der Waals surface area contributed by atoms with Crippen molar-refractivity contribution in [1.82, 2.24) is 0 Å². The third-order valence-electron chi connectivity index (χ3n) is 7.35. The summed E-state index contributed by atoms with van der Waals surface area (Å²) in [5.41, 5.74) is 3.05. The quantitative estimate of drug-likeness (QED) is 0.240. The molecule has 0 spiro atoms. The van der Waals surface area contributed by atoms with Crippen molar-refractivity contribution in [3.63, 3.8) is 0 Å². The molecule has 0 bridgehead atoms. The number of benzene rings is 3. The Labute approximate surface area is 207 Å². The molecule has 1 atom stereocenters. The highest BCUT2D eigenvalue weighted by molar-refractivity contribution is 5.91. The van der Waals surface area contributed by atoms with Crippen LogP contribution in [-0.4, -0.2) is 5.97 Å². The molecule has 1 saturated carbocycles. The molecule has 4 rings (SSSR count). The largest absolute Gasteiger partial charge is 0.423 e. The first kappa shape index (κ1) is 25.1. The minimum atomic E-state index is -0.682. The Morgan fingerprint density at radius 1 is 0.943 bits per heavy atom. The molecule has 0 aromatic heterocycles. The van der Waals surface area contributed by atoms with E-state index < -0.39 is 17.6 Å². The van der Waals surface area contributed by atoms with Gasteiger partial charge in [0.05, 0.1) is 5.56 Å². The second-order valence-corrected chi connectivity index (χ2v) is 9.89. The van der Waals surface area contributed by atoms with E-state index in [9.17, 15) is 13.6 Å². The van der Waals surface area contributed by atoms with E-state index in [1.54, 1.807) is 12.1 Å². The monoisotopic (exact) mass is 476 g/mol. The average Bonchev–Trinajstić information content (AvgIpc) is 2.87. The van der Waals surface area contributed by atoms with E-state index >= 15 is 0 Å². The average molecular weight is 477 g/mol. The van der Waals surface area contributed by atoms with Crippen LogP contribution in [0.25, 0.3) is 0 Å². The topological polar surface area (TPSA) is 26.3 Å². The van der Waals surface area contributed by atoms with Crippen LogP contribution in [0.4, 0.5) is 8.78 Å². The number of hydrogen-bond acceptors (Lipinski definition) is 2. The highest BCUT2D eigenvalue weighted by Gasteiger charge is 2.24. The fourth-order valence-corrected chi connectivity index (χ4v) is 5.33. The Balaban J connectivity index is 1.31. The van der Waals surface area contributed by atoms with Gasteiger partial charge in [-0.3, -0.25) is 0 Å². The number of halogens is 2. The summed E-state index contributed by atoms with van der Waals surface area (Å²) in [6.45, 7) is 4.18. The number of esters is 1. The number of hydrogen-bond donors (Lipinski definition) is 0. The molecule has 1 aliphatic carbocycles. The summed E-state index contributed by atoms with van der Waals surface area (Å²) in [5, 5.41) is 0.